The maximum atomic E-state index is 11.8. The lowest BCUT2D eigenvalue weighted by atomic mass is 10.0. The number of nitriles is 1. The Kier molecular flexibility index (Phi) is 5.33. The van der Waals surface area contributed by atoms with Gasteiger partial charge in [-0.25, -0.2) is 15.2 Å². The predicted octanol–water partition coefficient (Wildman–Crippen LogP) is 1.37. The fourth-order valence-electron chi connectivity index (χ4n) is 1.84. The Morgan fingerprint density at radius 1 is 1.39 bits per heavy atom. The highest BCUT2D eigenvalue weighted by atomic mass is 16.2. The molecule has 2 aliphatic rings. The van der Waals surface area contributed by atoms with E-state index in [-0.39, 0.29) is 18.5 Å². The number of carbonyl (C=O) groups excluding carboxylic acids is 2. The summed E-state index contributed by atoms with van der Waals surface area (Å²) >= 11 is 0. The molecule has 1 aliphatic heterocycles. The highest BCUT2D eigenvalue weighted by Gasteiger charge is 2.30. The Morgan fingerprint density at radius 3 is 2.61 bits per heavy atom. The summed E-state index contributed by atoms with van der Waals surface area (Å²) in [5, 5.41) is 8.82. The third-order valence-corrected chi connectivity index (χ3v) is 2.79. The van der Waals surface area contributed by atoms with Gasteiger partial charge in [-0.2, -0.15) is 5.26 Å². The van der Waals surface area contributed by atoms with E-state index in [2.05, 4.69) is 11.5 Å². The minimum atomic E-state index is -0.278. The predicted molar refractivity (Wildman–Crippen MR) is 65.8 cm³/mol. The van der Waals surface area contributed by atoms with Crippen LogP contribution in [0.25, 0.3) is 0 Å². The Labute approximate surface area is 107 Å². The van der Waals surface area contributed by atoms with Gasteiger partial charge in [-0.3, -0.25) is 9.69 Å². The summed E-state index contributed by atoms with van der Waals surface area (Å²) in [5.74, 6) is -0.187. The topological polar surface area (TPSA) is 76.4 Å². The molecule has 1 aliphatic carbocycles. The number of nitrogens with zero attached hydrogens (tertiary/aromatic N) is 3. The summed E-state index contributed by atoms with van der Waals surface area (Å²) in [6, 6.07) is 1.47. The average Bonchev–Trinajstić information content (AvgIpc) is 2.38. The molecule has 0 bridgehead atoms. The molecule has 3 amide bonds. The van der Waals surface area contributed by atoms with Gasteiger partial charge in [-0.1, -0.05) is 6.08 Å². The molecule has 2 rings (SSSR count). The molecule has 0 radical (unpaired) electrons. The summed E-state index contributed by atoms with van der Waals surface area (Å²) in [6.07, 6.45) is 6.27. The number of imide groups is 1. The summed E-state index contributed by atoms with van der Waals surface area (Å²) < 4.78 is 0. The fourth-order valence-corrected chi connectivity index (χ4v) is 1.84. The molecule has 0 aromatic carbocycles. The van der Waals surface area contributed by atoms with Crippen molar-refractivity contribution in [2.75, 3.05) is 13.6 Å². The third kappa shape index (κ3) is 3.31. The minimum absolute atomic E-state index is 0.187. The van der Waals surface area contributed by atoms with Gasteiger partial charge in [-0.15, -0.1) is 0 Å². The van der Waals surface area contributed by atoms with E-state index < -0.39 is 0 Å². The van der Waals surface area contributed by atoms with Gasteiger partial charge in [0.05, 0.1) is 12.6 Å². The van der Waals surface area contributed by atoms with Gasteiger partial charge in [-0.05, 0) is 25.7 Å². The van der Waals surface area contributed by atoms with Gasteiger partial charge in [0.25, 0.3) is 0 Å². The Balaban J connectivity index is 0.000000492. The fraction of sp³-hybridized carbons (Fsp3) is 0.583. The van der Waals surface area contributed by atoms with Crippen LogP contribution in [-0.2, 0) is 4.79 Å². The first-order valence-electron chi connectivity index (χ1n) is 5.95. The number of hydrogen-bond acceptors (Lipinski definition) is 4. The molecule has 18 heavy (non-hydrogen) atoms. The Morgan fingerprint density at radius 2 is 2.06 bits per heavy atom. The van der Waals surface area contributed by atoms with Gasteiger partial charge in [0.15, 0.2) is 0 Å². The van der Waals surface area contributed by atoms with Crippen LogP contribution >= 0.6 is 0 Å². The molecule has 0 aromatic rings. The lowest BCUT2D eigenvalue weighted by molar-refractivity contribution is -0.129. The van der Waals surface area contributed by atoms with Gasteiger partial charge >= 0.3 is 6.03 Å². The molecule has 98 valence electrons. The number of amides is 3. The van der Waals surface area contributed by atoms with Crippen LogP contribution in [0, 0.1) is 11.3 Å². The quantitative estimate of drug-likeness (QED) is 0.762. The molecule has 1 heterocycles. The van der Waals surface area contributed by atoms with Crippen LogP contribution in [0.2, 0.25) is 0 Å². The lowest BCUT2D eigenvalue weighted by Crippen LogP contribution is -2.58. The van der Waals surface area contributed by atoms with Crippen molar-refractivity contribution in [2.24, 2.45) is 0 Å². The average molecular weight is 250 g/mol. The molecule has 0 atom stereocenters. The molecule has 1 N–H and O–H groups in total. The van der Waals surface area contributed by atoms with Crippen molar-refractivity contribution in [2.45, 2.75) is 32.6 Å². The van der Waals surface area contributed by atoms with Crippen LogP contribution in [0.4, 0.5) is 4.79 Å². The molecular formula is C12H18N4O2. The van der Waals surface area contributed by atoms with Crippen LogP contribution in [-0.4, -0.2) is 35.4 Å². The largest absolute Gasteiger partial charge is 0.345 e. The number of hydrazine groups is 1. The smallest absolute Gasteiger partial charge is 0.273 e. The maximum Gasteiger partial charge on any atom is 0.345 e. The zero-order chi connectivity index (χ0) is 13.5. The van der Waals surface area contributed by atoms with Gasteiger partial charge in [0.1, 0.15) is 0 Å². The number of likely N-dealkylation sites (N-methyl/N-ethyl adjacent to an activating group) is 1. The SMILES string of the molecule is CC#N.CN1C(=O)CNN(C2=CCCCC2)C1=O. The Bertz CT molecular complexity index is 397. The van der Waals surface area contributed by atoms with E-state index in [1.165, 1.54) is 25.4 Å². The first-order chi connectivity index (χ1) is 8.61. The van der Waals surface area contributed by atoms with Crippen molar-refractivity contribution >= 4 is 11.9 Å². The van der Waals surface area contributed by atoms with Crippen LogP contribution in [0.15, 0.2) is 11.8 Å². The number of carbonyl (C=O) groups is 2. The van der Waals surface area contributed by atoms with E-state index in [9.17, 15) is 9.59 Å². The molecule has 1 fully saturated rings. The summed E-state index contributed by atoms with van der Waals surface area (Å²) in [7, 11) is 1.52. The Hall–Kier alpha value is -1.87. The molecule has 0 aromatic heterocycles. The van der Waals surface area contributed by atoms with Crippen molar-refractivity contribution in [3.63, 3.8) is 0 Å². The highest BCUT2D eigenvalue weighted by Crippen LogP contribution is 2.21. The van der Waals surface area contributed by atoms with Crippen molar-refractivity contribution in [3.8, 4) is 6.07 Å². The zero-order valence-corrected chi connectivity index (χ0v) is 10.8. The van der Waals surface area contributed by atoms with Gasteiger partial charge in [0.2, 0.25) is 5.91 Å². The summed E-state index contributed by atoms with van der Waals surface area (Å²) in [5.41, 5.74) is 3.83. The van der Waals surface area contributed by atoms with Crippen LogP contribution in [0.5, 0.6) is 0 Å². The molecule has 0 saturated carbocycles. The normalized spacial score (nSPS) is 19.7. The molecule has 1 saturated heterocycles. The van der Waals surface area contributed by atoms with Crippen LogP contribution in [0.1, 0.15) is 32.6 Å². The second kappa shape index (κ2) is 6.77. The molecule has 0 unspecified atom stereocenters. The van der Waals surface area contributed by atoms with Crippen molar-refractivity contribution in [1.82, 2.24) is 15.3 Å². The summed E-state index contributed by atoms with van der Waals surface area (Å²) in [6.45, 7) is 1.62. The monoisotopic (exact) mass is 250 g/mol. The van der Waals surface area contributed by atoms with E-state index in [0.717, 1.165) is 29.9 Å². The lowest BCUT2D eigenvalue weighted by Gasteiger charge is -2.34. The molecule has 6 heteroatoms. The van der Waals surface area contributed by atoms with E-state index in [1.807, 2.05) is 0 Å². The van der Waals surface area contributed by atoms with Crippen molar-refractivity contribution in [3.05, 3.63) is 11.8 Å². The first kappa shape index (κ1) is 14.2. The molecular weight excluding hydrogens is 232 g/mol. The van der Waals surface area contributed by atoms with Gasteiger partial charge in [0, 0.05) is 19.7 Å². The number of allylic oxidation sites excluding steroid dienone is 2. The number of hydrogen-bond donors (Lipinski definition) is 1. The maximum absolute atomic E-state index is 11.8. The van der Waals surface area contributed by atoms with E-state index in [4.69, 9.17) is 5.26 Å². The third-order valence-electron chi connectivity index (χ3n) is 2.79. The molecule has 6 nitrogen and oxygen atoms in total. The van der Waals surface area contributed by atoms with Crippen molar-refractivity contribution in [1.29, 1.82) is 5.26 Å². The van der Waals surface area contributed by atoms with E-state index >= 15 is 0 Å². The first-order valence-corrected chi connectivity index (χ1v) is 5.95. The second-order valence-corrected chi connectivity index (χ2v) is 4.07. The highest BCUT2D eigenvalue weighted by molar-refractivity contribution is 5.97. The number of nitrogens with one attached hydrogen (secondary N) is 1. The number of rotatable bonds is 1. The van der Waals surface area contributed by atoms with Crippen molar-refractivity contribution < 1.29 is 9.59 Å². The standard InChI is InChI=1S/C10H15N3O2.C2H3N/c1-12-9(14)7-11-13(10(12)15)8-5-3-2-4-6-8;1-2-3/h5,11H,2-4,6-7H2,1H3;1H3. The molecule has 0 spiro atoms. The number of urea groups is 1. The van der Waals surface area contributed by atoms with E-state index in [1.54, 1.807) is 6.07 Å². The summed E-state index contributed by atoms with van der Waals surface area (Å²) in [4.78, 5) is 24.2. The minimum Gasteiger partial charge on any atom is -0.273 e. The van der Waals surface area contributed by atoms with Crippen LogP contribution in [0.3, 0.4) is 0 Å². The second-order valence-electron chi connectivity index (χ2n) is 4.07. The zero-order valence-electron chi connectivity index (χ0n) is 10.8. The van der Waals surface area contributed by atoms with Gasteiger partial charge < -0.3 is 0 Å². The van der Waals surface area contributed by atoms with Crippen LogP contribution < -0.4 is 5.43 Å². The van der Waals surface area contributed by atoms with E-state index in [0.29, 0.717) is 0 Å².